The van der Waals surface area contributed by atoms with Crippen molar-refractivity contribution in [1.29, 1.82) is 0 Å². The van der Waals surface area contributed by atoms with E-state index in [-0.39, 0.29) is 18.5 Å². The van der Waals surface area contributed by atoms with E-state index in [1.807, 2.05) is 12.1 Å². The molecule has 0 saturated carbocycles. The van der Waals surface area contributed by atoms with Crippen molar-refractivity contribution in [2.24, 2.45) is 5.11 Å². The minimum Gasteiger partial charge on any atom is -0.496 e. The molecule has 0 aromatic heterocycles. The Labute approximate surface area is 132 Å². The molecule has 118 valence electrons. The van der Waals surface area contributed by atoms with E-state index < -0.39 is 0 Å². The molecular weight excluding hydrogens is 301 g/mol. The monoisotopic (exact) mass is 315 g/mol. The predicted octanol–water partition coefficient (Wildman–Crippen LogP) is 3.95. The highest BCUT2D eigenvalue weighted by molar-refractivity contribution is 5.78. The first kappa shape index (κ1) is 15.0. The maximum atomic E-state index is 13.4. The zero-order valence-corrected chi connectivity index (χ0v) is 12.4. The van der Waals surface area contributed by atoms with Crippen LogP contribution in [0.5, 0.6) is 17.2 Å². The molecule has 1 aliphatic rings. The molecular formula is C16H14FN3O3. The van der Waals surface area contributed by atoms with Gasteiger partial charge < -0.3 is 14.2 Å². The lowest BCUT2D eigenvalue weighted by Crippen LogP contribution is -2.31. The summed E-state index contributed by atoms with van der Waals surface area (Å²) < 4.78 is 30.2. The van der Waals surface area contributed by atoms with E-state index >= 15 is 0 Å². The van der Waals surface area contributed by atoms with Gasteiger partial charge in [-0.15, -0.1) is 0 Å². The lowest BCUT2D eigenvalue weighted by atomic mass is 10.0. The molecule has 0 amide bonds. The fourth-order valence-corrected chi connectivity index (χ4v) is 2.45. The summed E-state index contributed by atoms with van der Waals surface area (Å²) in [5, 5.41) is 3.52. The molecule has 23 heavy (non-hydrogen) atoms. The van der Waals surface area contributed by atoms with Crippen LogP contribution in [-0.2, 0) is 0 Å². The number of para-hydroxylation sites is 1. The lowest BCUT2D eigenvalue weighted by molar-refractivity contribution is 0.0976. The Morgan fingerprint density at radius 3 is 3.00 bits per heavy atom. The highest BCUT2D eigenvalue weighted by Gasteiger charge is 2.24. The Kier molecular flexibility index (Phi) is 4.21. The molecule has 2 aromatic rings. The topological polar surface area (TPSA) is 76.5 Å². The molecule has 7 heteroatoms. The summed E-state index contributed by atoms with van der Waals surface area (Å²) in [6.07, 6.45) is -0.369. The first-order valence-corrected chi connectivity index (χ1v) is 7.00. The van der Waals surface area contributed by atoms with Crippen LogP contribution in [0.2, 0.25) is 0 Å². The predicted molar refractivity (Wildman–Crippen MR) is 82.3 cm³/mol. The number of azide groups is 1. The van der Waals surface area contributed by atoms with Crippen molar-refractivity contribution >= 4 is 0 Å². The van der Waals surface area contributed by atoms with Crippen LogP contribution in [0.25, 0.3) is 21.6 Å². The summed E-state index contributed by atoms with van der Waals surface area (Å²) in [6, 6.07) is 9.76. The first-order chi connectivity index (χ1) is 11.2. The van der Waals surface area contributed by atoms with Gasteiger partial charge in [-0.2, -0.15) is 0 Å². The van der Waals surface area contributed by atoms with Gasteiger partial charge in [0, 0.05) is 22.1 Å². The van der Waals surface area contributed by atoms with Crippen molar-refractivity contribution in [3.63, 3.8) is 0 Å². The summed E-state index contributed by atoms with van der Waals surface area (Å²) >= 11 is 0. The molecule has 0 fully saturated rings. The van der Waals surface area contributed by atoms with Crippen LogP contribution < -0.4 is 14.2 Å². The van der Waals surface area contributed by atoms with Gasteiger partial charge >= 0.3 is 0 Å². The third-order valence-electron chi connectivity index (χ3n) is 3.49. The Balaban J connectivity index is 2.04. The summed E-state index contributed by atoms with van der Waals surface area (Å²) in [5.74, 6) is 1.14. The number of rotatable bonds is 4. The quantitative estimate of drug-likeness (QED) is 0.487. The second-order valence-electron chi connectivity index (χ2n) is 4.94. The average molecular weight is 315 g/mol. The minimum atomic E-state index is -0.381. The molecule has 0 bridgehead atoms. The van der Waals surface area contributed by atoms with Crippen LogP contribution in [0.1, 0.15) is 0 Å². The zero-order chi connectivity index (χ0) is 16.2. The van der Waals surface area contributed by atoms with Crippen molar-refractivity contribution in [3.05, 3.63) is 52.7 Å². The van der Waals surface area contributed by atoms with Crippen molar-refractivity contribution < 1.29 is 18.6 Å². The molecule has 0 saturated heterocycles. The van der Waals surface area contributed by atoms with Gasteiger partial charge in [0.25, 0.3) is 0 Å². The second-order valence-corrected chi connectivity index (χ2v) is 4.94. The van der Waals surface area contributed by atoms with Crippen LogP contribution >= 0.6 is 0 Å². The number of nitrogens with zero attached hydrogens (tertiary/aromatic N) is 3. The van der Waals surface area contributed by atoms with Crippen LogP contribution in [-0.4, -0.2) is 26.4 Å². The maximum absolute atomic E-state index is 13.4. The molecule has 0 unspecified atom stereocenters. The third kappa shape index (κ3) is 3.00. The number of ether oxygens (including phenoxy) is 3. The van der Waals surface area contributed by atoms with E-state index in [9.17, 15) is 4.39 Å². The second kappa shape index (κ2) is 6.46. The van der Waals surface area contributed by atoms with Crippen molar-refractivity contribution in [2.45, 2.75) is 6.10 Å². The van der Waals surface area contributed by atoms with Gasteiger partial charge in [0.05, 0.1) is 13.7 Å². The highest BCUT2D eigenvalue weighted by atomic mass is 19.1. The zero-order valence-electron chi connectivity index (χ0n) is 12.4. The molecule has 0 radical (unpaired) electrons. The SMILES string of the molecule is COc1cc(F)ccc1-c1cccc2c1O[C@@H](CN=[N+]=[N-])CO2. The smallest absolute Gasteiger partial charge is 0.169 e. The molecule has 3 rings (SSSR count). The highest BCUT2D eigenvalue weighted by Crippen LogP contribution is 2.44. The number of benzene rings is 2. The van der Waals surface area contributed by atoms with Crippen LogP contribution in [0, 0.1) is 5.82 Å². The Morgan fingerprint density at radius 2 is 2.22 bits per heavy atom. The molecule has 0 spiro atoms. The number of methoxy groups -OCH3 is 1. The normalized spacial score (nSPS) is 15.7. The van der Waals surface area contributed by atoms with E-state index in [0.29, 0.717) is 29.4 Å². The average Bonchev–Trinajstić information content (AvgIpc) is 2.59. The van der Waals surface area contributed by atoms with E-state index in [1.54, 1.807) is 12.1 Å². The number of fused-ring (bicyclic) bond motifs is 1. The fourth-order valence-electron chi connectivity index (χ4n) is 2.45. The summed E-state index contributed by atoms with van der Waals surface area (Å²) in [5.41, 5.74) is 9.85. The van der Waals surface area contributed by atoms with Gasteiger partial charge in [-0.25, -0.2) is 4.39 Å². The van der Waals surface area contributed by atoms with E-state index in [2.05, 4.69) is 10.0 Å². The number of hydrogen-bond acceptors (Lipinski definition) is 4. The molecule has 1 heterocycles. The van der Waals surface area contributed by atoms with E-state index in [4.69, 9.17) is 19.7 Å². The molecule has 1 atom stereocenters. The van der Waals surface area contributed by atoms with Crippen molar-refractivity contribution in [3.8, 4) is 28.4 Å². The van der Waals surface area contributed by atoms with Crippen molar-refractivity contribution in [1.82, 2.24) is 0 Å². The molecule has 0 N–H and O–H groups in total. The summed E-state index contributed by atoms with van der Waals surface area (Å²) in [6.45, 7) is 0.473. The van der Waals surface area contributed by atoms with E-state index in [0.717, 1.165) is 5.56 Å². The summed E-state index contributed by atoms with van der Waals surface area (Å²) in [7, 11) is 1.48. The van der Waals surface area contributed by atoms with Crippen molar-refractivity contribution in [2.75, 3.05) is 20.3 Å². The minimum absolute atomic E-state index is 0.171. The molecule has 1 aliphatic heterocycles. The van der Waals surface area contributed by atoms with Gasteiger partial charge in [-0.1, -0.05) is 17.2 Å². The Morgan fingerprint density at radius 1 is 1.35 bits per heavy atom. The van der Waals surface area contributed by atoms with Crippen LogP contribution in [0.15, 0.2) is 41.5 Å². The molecule has 2 aromatic carbocycles. The van der Waals surface area contributed by atoms with Gasteiger partial charge in [0.1, 0.15) is 24.3 Å². The maximum Gasteiger partial charge on any atom is 0.169 e. The van der Waals surface area contributed by atoms with Gasteiger partial charge in [-0.3, -0.25) is 0 Å². The standard InChI is InChI=1S/C16H14FN3O3/c1-21-15-7-10(17)5-6-12(15)13-3-2-4-14-16(13)23-11(9-22-14)8-19-20-18/h2-7,11H,8-9H2,1H3/t11-/m0/s1. The van der Waals surface area contributed by atoms with Gasteiger partial charge in [0.2, 0.25) is 0 Å². The Bertz CT molecular complexity index is 775. The summed E-state index contributed by atoms with van der Waals surface area (Å²) in [4.78, 5) is 2.73. The fraction of sp³-hybridized carbons (Fsp3) is 0.250. The third-order valence-corrected chi connectivity index (χ3v) is 3.49. The molecule has 0 aliphatic carbocycles. The molecule has 6 nitrogen and oxygen atoms in total. The van der Waals surface area contributed by atoms with Crippen LogP contribution in [0.4, 0.5) is 4.39 Å². The van der Waals surface area contributed by atoms with Gasteiger partial charge in [-0.05, 0) is 23.7 Å². The largest absolute Gasteiger partial charge is 0.496 e. The van der Waals surface area contributed by atoms with E-state index in [1.165, 1.54) is 19.2 Å². The number of hydrogen-bond donors (Lipinski definition) is 0. The first-order valence-electron chi connectivity index (χ1n) is 7.00. The lowest BCUT2D eigenvalue weighted by Gasteiger charge is -2.27. The Hall–Kier alpha value is -2.92. The number of halogens is 1. The van der Waals surface area contributed by atoms with Crippen LogP contribution in [0.3, 0.4) is 0 Å². The van der Waals surface area contributed by atoms with Gasteiger partial charge in [0.15, 0.2) is 11.5 Å².